The first-order chi connectivity index (χ1) is 8.54. The van der Waals surface area contributed by atoms with Crippen molar-refractivity contribution in [2.24, 2.45) is 0 Å². The van der Waals surface area contributed by atoms with Crippen LogP contribution >= 0.6 is 15.9 Å². The van der Waals surface area contributed by atoms with E-state index in [2.05, 4.69) is 33.5 Å². The highest BCUT2D eigenvalue weighted by atomic mass is 79.9. The van der Waals surface area contributed by atoms with Gasteiger partial charge >= 0.3 is 0 Å². The van der Waals surface area contributed by atoms with E-state index < -0.39 is 11.6 Å². The van der Waals surface area contributed by atoms with Gasteiger partial charge in [0.2, 0.25) is 0 Å². The van der Waals surface area contributed by atoms with E-state index in [9.17, 15) is 8.78 Å². The van der Waals surface area contributed by atoms with Crippen LogP contribution < -0.4 is 10.6 Å². The molecule has 0 aromatic heterocycles. The molecule has 1 aromatic carbocycles. The maximum absolute atomic E-state index is 13.5. The minimum atomic E-state index is -0.525. The quantitative estimate of drug-likeness (QED) is 0.754. The molecule has 0 aliphatic rings. The average Bonchev–Trinajstić information content (AvgIpc) is 2.27. The molecule has 1 rings (SSSR count). The molecule has 102 valence electrons. The predicted molar refractivity (Wildman–Crippen MR) is 73.5 cm³/mol. The molecule has 0 heterocycles. The van der Waals surface area contributed by atoms with E-state index in [1.54, 1.807) is 0 Å². The second kappa shape index (κ2) is 7.81. The van der Waals surface area contributed by atoms with Gasteiger partial charge in [-0.2, -0.15) is 0 Å². The van der Waals surface area contributed by atoms with E-state index in [0.29, 0.717) is 4.47 Å². The largest absolute Gasteiger partial charge is 0.315 e. The van der Waals surface area contributed by atoms with E-state index in [4.69, 9.17) is 0 Å². The third-order valence-electron chi connectivity index (χ3n) is 2.61. The normalized spacial score (nSPS) is 12.7. The smallest absolute Gasteiger partial charge is 0.131 e. The van der Waals surface area contributed by atoms with Crippen LogP contribution in [0.3, 0.4) is 0 Å². The minimum absolute atomic E-state index is 0.0838. The molecule has 0 aliphatic heterocycles. The fourth-order valence-corrected chi connectivity index (χ4v) is 1.99. The zero-order chi connectivity index (χ0) is 13.5. The summed E-state index contributed by atoms with van der Waals surface area (Å²) in [6.45, 7) is 6.01. The molecule has 2 nitrogen and oxygen atoms in total. The van der Waals surface area contributed by atoms with Gasteiger partial charge in [-0.3, -0.25) is 0 Å². The molecule has 0 bridgehead atoms. The second-order valence-electron chi connectivity index (χ2n) is 4.33. The fourth-order valence-electron chi connectivity index (χ4n) is 1.58. The number of benzene rings is 1. The van der Waals surface area contributed by atoms with Gasteiger partial charge in [-0.15, -0.1) is 0 Å². The molecule has 1 aromatic rings. The summed E-state index contributed by atoms with van der Waals surface area (Å²) >= 11 is 3.06. The van der Waals surface area contributed by atoms with Crippen LogP contribution in [0.2, 0.25) is 0 Å². The highest BCUT2D eigenvalue weighted by molar-refractivity contribution is 9.10. The van der Waals surface area contributed by atoms with Gasteiger partial charge in [0.1, 0.15) is 11.6 Å². The van der Waals surface area contributed by atoms with E-state index in [1.807, 2.05) is 6.92 Å². The van der Waals surface area contributed by atoms with Crippen LogP contribution in [0.25, 0.3) is 0 Å². The summed E-state index contributed by atoms with van der Waals surface area (Å²) in [5.74, 6) is -1.05. The molecule has 0 amide bonds. The Hall–Kier alpha value is -0.520. The highest BCUT2D eigenvalue weighted by Crippen LogP contribution is 2.19. The van der Waals surface area contributed by atoms with Gasteiger partial charge in [0, 0.05) is 29.2 Å². The Balaban J connectivity index is 2.48. The van der Waals surface area contributed by atoms with Crippen molar-refractivity contribution >= 4 is 15.9 Å². The van der Waals surface area contributed by atoms with Crippen LogP contribution in [-0.4, -0.2) is 19.1 Å². The molecule has 0 radical (unpaired) electrons. The molecule has 1 atom stereocenters. The summed E-state index contributed by atoms with van der Waals surface area (Å²) < 4.78 is 27.5. The molecule has 0 saturated heterocycles. The summed E-state index contributed by atoms with van der Waals surface area (Å²) in [5, 5.41) is 6.35. The van der Waals surface area contributed by atoms with Gasteiger partial charge in [0.25, 0.3) is 0 Å². The SMILES string of the molecule is CCCNCC(C)NCc1c(F)cc(Br)cc1F. The second-order valence-corrected chi connectivity index (χ2v) is 5.25. The van der Waals surface area contributed by atoms with Crippen molar-refractivity contribution in [3.63, 3.8) is 0 Å². The van der Waals surface area contributed by atoms with E-state index in [-0.39, 0.29) is 18.2 Å². The van der Waals surface area contributed by atoms with E-state index in [1.165, 1.54) is 12.1 Å². The lowest BCUT2D eigenvalue weighted by molar-refractivity contribution is 0.476. The number of hydrogen-bond donors (Lipinski definition) is 2. The van der Waals surface area contributed by atoms with E-state index in [0.717, 1.165) is 19.5 Å². The zero-order valence-electron chi connectivity index (χ0n) is 10.7. The molecular formula is C13H19BrF2N2. The lowest BCUT2D eigenvalue weighted by atomic mass is 10.2. The third-order valence-corrected chi connectivity index (χ3v) is 3.07. The van der Waals surface area contributed by atoms with Crippen molar-refractivity contribution in [2.45, 2.75) is 32.9 Å². The van der Waals surface area contributed by atoms with Crippen LogP contribution in [-0.2, 0) is 6.54 Å². The van der Waals surface area contributed by atoms with Crippen molar-refractivity contribution in [3.8, 4) is 0 Å². The first-order valence-corrected chi connectivity index (χ1v) is 6.91. The van der Waals surface area contributed by atoms with Gasteiger partial charge in [-0.1, -0.05) is 22.9 Å². The molecule has 18 heavy (non-hydrogen) atoms. The first-order valence-electron chi connectivity index (χ1n) is 6.12. The molecule has 1 unspecified atom stereocenters. The zero-order valence-corrected chi connectivity index (χ0v) is 12.3. The van der Waals surface area contributed by atoms with E-state index >= 15 is 0 Å². The lowest BCUT2D eigenvalue weighted by Crippen LogP contribution is -2.36. The molecule has 0 saturated carbocycles. The van der Waals surface area contributed by atoms with Crippen LogP contribution in [0.15, 0.2) is 16.6 Å². The molecule has 0 fully saturated rings. The Bertz CT molecular complexity index is 362. The van der Waals surface area contributed by atoms with Crippen molar-refractivity contribution in [1.82, 2.24) is 10.6 Å². The molecule has 2 N–H and O–H groups in total. The third kappa shape index (κ3) is 5.00. The first kappa shape index (κ1) is 15.5. The Morgan fingerprint density at radius 3 is 2.44 bits per heavy atom. The summed E-state index contributed by atoms with van der Waals surface area (Å²) in [7, 11) is 0. The molecule has 0 aliphatic carbocycles. The van der Waals surface area contributed by atoms with Gasteiger partial charge in [-0.05, 0) is 32.0 Å². The van der Waals surface area contributed by atoms with Crippen LogP contribution in [0.1, 0.15) is 25.8 Å². The Morgan fingerprint density at radius 2 is 1.89 bits per heavy atom. The van der Waals surface area contributed by atoms with Crippen LogP contribution in [0.5, 0.6) is 0 Å². The summed E-state index contributed by atoms with van der Waals surface area (Å²) in [5.41, 5.74) is 0.0838. The monoisotopic (exact) mass is 320 g/mol. The topological polar surface area (TPSA) is 24.1 Å². The van der Waals surface area contributed by atoms with Crippen molar-refractivity contribution in [3.05, 3.63) is 33.8 Å². The van der Waals surface area contributed by atoms with Crippen molar-refractivity contribution < 1.29 is 8.78 Å². The summed E-state index contributed by atoms with van der Waals surface area (Å²) in [4.78, 5) is 0. The fraction of sp³-hybridized carbons (Fsp3) is 0.538. The average molecular weight is 321 g/mol. The van der Waals surface area contributed by atoms with Crippen molar-refractivity contribution in [2.75, 3.05) is 13.1 Å². The molecular weight excluding hydrogens is 302 g/mol. The number of nitrogens with one attached hydrogen (secondary N) is 2. The van der Waals surface area contributed by atoms with Gasteiger partial charge in [-0.25, -0.2) is 8.78 Å². The van der Waals surface area contributed by atoms with Crippen LogP contribution in [0.4, 0.5) is 8.78 Å². The number of halogens is 3. The predicted octanol–water partition coefficient (Wildman–Crippen LogP) is 3.21. The Morgan fingerprint density at radius 1 is 1.28 bits per heavy atom. The highest BCUT2D eigenvalue weighted by Gasteiger charge is 2.11. The van der Waals surface area contributed by atoms with Crippen LogP contribution in [0, 0.1) is 11.6 Å². The summed E-state index contributed by atoms with van der Waals surface area (Å²) in [6.07, 6.45) is 1.07. The van der Waals surface area contributed by atoms with Gasteiger partial charge in [0.05, 0.1) is 0 Å². The number of rotatable bonds is 7. The van der Waals surface area contributed by atoms with Gasteiger partial charge in [0.15, 0.2) is 0 Å². The standard InChI is InChI=1S/C13H19BrF2N2/c1-3-4-17-7-9(2)18-8-11-12(15)5-10(14)6-13(11)16/h5-6,9,17-18H,3-4,7-8H2,1-2H3. The molecule has 0 spiro atoms. The number of hydrogen-bond acceptors (Lipinski definition) is 2. The lowest BCUT2D eigenvalue weighted by Gasteiger charge is -2.15. The van der Waals surface area contributed by atoms with Crippen molar-refractivity contribution in [1.29, 1.82) is 0 Å². The maximum atomic E-state index is 13.5. The Labute approximate surface area is 115 Å². The maximum Gasteiger partial charge on any atom is 0.131 e. The molecule has 5 heteroatoms. The summed E-state index contributed by atoms with van der Waals surface area (Å²) in [6, 6.07) is 2.72. The van der Waals surface area contributed by atoms with Gasteiger partial charge < -0.3 is 10.6 Å². The Kier molecular flexibility index (Phi) is 6.75. The minimum Gasteiger partial charge on any atom is -0.315 e.